The van der Waals surface area contributed by atoms with Gasteiger partial charge in [-0.15, -0.1) is 0 Å². The van der Waals surface area contributed by atoms with E-state index in [1.54, 1.807) is 0 Å². The number of ether oxygens (including phenoxy) is 1. The van der Waals surface area contributed by atoms with Crippen LogP contribution in [0.5, 0.6) is 0 Å². The highest BCUT2D eigenvalue weighted by Gasteiger charge is 2.41. The van der Waals surface area contributed by atoms with E-state index in [-0.39, 0.29) is 0 Å². The van der Waals surface area contributed by atoms with Gasteiger partial charge in [0.05, 0.1) is 6.10 Å². The number of fused-ring (bicyclic) bond motifs is 1. The van der Waals surface area contributed by atoms with Gasteiger partial charge in [-0.25, -0.2) is 0 Å². The van der Waals surface area contributed by atoms with E-state index in [2.05, 4.69) is 0 Å². The molecule has 50 valence electrons. The molecule has 0 bridgehead atoms. The largest absolute Gasteiger partial charge is 0.377 e. The molecule has 1 aliphatic carbocycles. The molecule has 1 saturated heterocycles. The van der Waals surface area contributed by atoms with Crippen molar-refractivity contribution in [1.82, 2.24) is 0 Å². The molecule has 2 fully saturated rings. The molecule has 1 aliphatic heterocycles. The third-order valence-corrected chi connectivity index (χ3v) is 2.26. The normalized spacial score (nSPS) is 41.6. The molecular formula is C7H10O2. The zero-order valence-electron chi connectivity index (χ0n) is 5.30. The van der Waals surface area contributed by atoms with E-state index in [4.69, 9.17) is 4.74 Å². The SMILES string of the molecule is O=C1C[C@H]2OCCC[C@H]12. The topological polar surface area (TPSA) is 26.3 Å². The lowest BCUT2D eigenvalue weighted by atomic mass is 9.76. The summed E-state index contributed by atoms with van der Waals surface area (Å²) in [5.41, 5.74) is 0. The molecule has 2 aliphatic rings. The molecule has 0 spiro atoms. The summed E-state index contributed by atoms with van der Waals surface area (Å²) >= 11 is 0. The molecule has 0 radical (unpaired) electrons. The van der Waals surface area contributed by atoms with Crippen LogP contribution in [0.1, 0.15) is 19.3 Å². The molecule has 2 rings (SSSR count). The van der Waals surface area contributed by atoms with Crippen molar-refractivity contribution in [3.05, 3.63) is 0 Å². The number of carbonyl (C=O) groups excluding carboxylic acids is 1. The highest BCUT2D eigenvalue weighted by Crippen LogP contribution is 2.33. The highest BCUT2D eigenvalue weighted by atomic mass is 16.5. The Labute approximate surface area is 54.2 Å². The van der Waals surface area contributed by atoms with Gasteiger partial charge in [-0.3, -0.25) is 4.79 Å². The highest BCUT2D eigenvalue weighted by molar-refractivity contribution is 5.88. The number of Topliss-reactive ketones (excluding diaryl/α,β-unsaturated/α-hetero) is 1. The monoisotopic (exact) mass is 126 g/mol. The fourth-order valence-electron chi connectivity index (χ4n) is 1.60. The van der Waals surface area contributed by atoms with Crippen LogP contribution < -0.4 is 0 Å². The van der Waals surface area contributed by atoms with Crippen molar-refractivity contribution < 1.29 is 9.53 Å². The van der Waals surface area contributed by atoms with Crippen LogP contribution in [0.25, 0.3) is 0 Å². The Bertz CT molecular complexity index is 142. The van der Waals surface area contributed by atoms with Crippen molar-refractivity contribution in [1.29, 1.82) is 0 Å². The molecule has 1 saturated carbocycles. The standard InChI is InChI=1S/C7H10O2/c8-6-4-7-5(6)2-1-3-9-7/h5,7H,1-4H2/t5-,7-/m1/s1. The summed E-state index contributed by atoms with van der Waals surface area (Å²) in [4.78, 5) is 10.8. The minimum Gasteiger partial charge on any atom is -0.377 e. The summed E-state index contributed by atoms with van der Waals surface area (Å²) < 4.78 is 5.33. The van der Waals surface area contributed by atoms with Gasteiger partial charge in [0.25, 0.3) is 0 Å². The maximum Gasteiger partial charge on any atom is 0.141 e. The van der Waals surface area contributed by atoms with Gasteiger partial charge in [-0.2, -0.15) is 0 Å². The molecule has 0 aromatic rings. The summed E-state index contributed by atoms with van der Waals surface area (Å²) in [5.74, 6) is 0.707. The van der Waals surface area contributed by atoms with Gasteiger partial charge in [-0.05, 0) is 12.8 Å². The second kappa shape index (κ2) is 1.81. The Kier molecular flexibility index (Phi) is 1.09. The van der Waals surface area contributed by atoms with E-state index in [0.29, 0.717) is 24.2 Å². The van der Waals surface area contributed by atoms with Crippen LogP contribution in [-0.4, -0.2) is 18.5 Å². The third kappa shape index (κ3) is 0.697. The van der Waals surface area contributed by atoms with Crippen molar-refractivity contribution in [3.63, 3.8) is 0 Å². The molecule has 0 aromatic carbocycles. The van der Waals surface area contributed by atoms with Crippen LogP contribution in [-0.2, 0) is 9.53 Å². The Morgan fingerprint density at radius 2 is 2.44 bits per heavy atom. The first-order chi connectivity index (χ1) is 4.38. The van der Waals surface area contributed by atoms with Crippen LogP contribution >= 0.6 is 0 Å². The van der Waals surface area contributed by atoms with E-state index in [1.807, 2.05) is 0 Å². The summed E-state index contributed by atoms with van der Waals surface area (Å²) in [6.07, 6.45) is 3.15. The third-order valence-electron chi connectivity index (χ3n) is 2.26. The Balaban J connectivity index is 2.01. The summed E-state index contributed by atoms with van der Waals surface area (Å²) in [7, 11) is 0. The molecule has 9 heavy (non-hydrogen) atoms. The summed E-state index contributed by atoms with van der Waals surface area (Å²) in [6, 6.07) is 0. The second-order valence-corrected chi connectivity index (χ2v) is 2.83. The van der Waals surface area contributed by atoms with Gasteiger partial charge in [0.2, 0.25) is 0 Å². The lowest BCUT2D eigenvalue weighted by molar-refractivity contribution is -0.152. The number of rotatable bonds is 0. The zero-order chi connectivity index (χ0) is 6.27. The first-order valence-electron chi connectivity index (χ1n) is 3.52. The predicted octanol–water partition coefficient (Wildman–Crippen LogP) is 0.754. The number of ketones is 1. The lowest BCUT2D eigenvalue weighted by Gasteiger charge is -2.38. The van der Waals surface area contributed by atoms with Crippen LogP contribution in [0, 0.1) is 5.92 Å². The van der Waals surface area contributed by atoms with E-state index >= 15 is 0 Å². The summed E-state index contributed by atoms with van der Waals surface area (Å²) in [5, 5.41) is 0. The molecule has 0 amide bonds. The number of hydrogen-bond acceptors (Lipinski definition) is 2. The van der Waals surface area contributed by atoms with E-state index < -0.39 is 0 Å². The minimum atomic E-state index is 0.291. The van der Waals surface area contributed by atoms with E-state index in [1.165, 1.54) is 0 Å². The zero-order valence-corrected chi connectivity index (χ0v) is 5.30. The lowest BCUT2D eigenvalue weighted by Crippen LogP contribution is -2.46. The quantitative estimate of drug-likeness (QED) is 0.479. The van der Waals surface area contributed by atoms with Gasteiger partial charge in [0, 0.05) is 18.9 Å². The first kappa shape index (κ1) is 5.42. The van der Waals surface area contributed by atoms with Gasteiger partial charge >= 0.3 is 0 Å². The van der Waals surface area contributed by atoms with Crippen LogP contribution in [0.3, 0.4) is 0 Å². The predicted molar refractivity (Wildman–Crippen MR) is 32.1 cm³/mol. The van der Waals surface area contributed by atoms with Gasteiger partial charge in [-0.1, -0.05) is 0 Å². The first-order valence-corrected chi connectivity index (χ1v) is 3.52. The van der Waals surface area contributed by atoms with Gasteiger partial charge in [0.1, 0.15) is 5.78 Å². The Morgan fingerprint density at radius 3 is 3.00 bits per heavy atom. The molecule has 2 heteroatoms. The molecular weight excluding hydrogens is 116 g/mol. The van der Waals surface area contributed by atoms with Crippen molar-refractivity contribution in [2.45, 2.75) is 25.4 Å². The molecule has 0 N–H and O–H groups in total. The Hall–Kier alpha value is -0.370. The Morgan fingerprint density at radius 1 is 1.56 bits per heavy atom. The molecule has 2 atom stereocenters. The second-order valence-electron chi connectivity index (χ2n) is 2.83. The fourth-order valence-corrected chi connectivity index (χ4v) is 1.60. The van der Waals surface area contributed by atoms with Crippen molar-refractivity contribution in [2.24, 2.45) is 5.92 Å². The van der Waals surface area contributed by atoms with Crippen molar-refractivity contribution >= 4 is 5.78 Å². The molecule has 1 heterocycles. The van der Waals surface area contributed by atoms with Crippen molar-refractivity contribution in [3.8, 4) is 0 Å². The van der Waals surface area contributed by atoms with Crippen LogP contribution in [0.2, 0.25) is 0 Å². The summed E-state index contributed by atoms with van der Waals surface area (Å²) in [6.45, 7) is 0.869. The maximum absolute atomic E-state index is 10.8. The van der Waals surface area contributed by atoms with Gasteiger partial charge in [0.15, 0.2) is 0 Å². The minimum absolute atomic E-state index is 0.291. The van der Waals surface area contributed by atoms with Crippen LogP contribution in [0.15, 0.2) is 0 Å². The van der Waals surface area contributed by atoms with E-state index in [9.17, 15) is 4.79 Å². The maximum atomic E-state index is 10.8. The van der Waals surface area contributed by atoms with E-state index in [0.717, 1.165) is 19.4 Å². The van der Waals surface area contributed by atoms with Gasteiger partial charge < -0.3 is 4.74 Å². The number of carbonyl (C=O) groups is 1. The molecule has 0 aromatic heterocycles. The fraction of sp³-hybridized carbons (Fsp3) is 0.857. The molecule has 0 unspecified atom stereocenters. The molecule has 2 nitrogen and oxygen atoms in total. The van der Waals surface area contributed by atoms with Crippen LogP contribution in [0.4, 0.5) is 0 Å². The van der Waals surface area contributed by atoms with Crippen molar-refractivity contribution in [2.75, 3.05) is 6.61 Å². The average Bonchev–Trinajstić information content (AvgIpc) is 1.86. The number of hydrogen-bond donors (Lipinski definition) is 0. The average molecular weight is 126 g/mol. The smallest absolute Gasteiger partial charge is 0.141 e.